The first-order valence-corrected chi connectivity index (χ1v) is 6.97. The van der Waals surface area contributed by atoms with E-state index in [0.29, 0.717) is 0 Å². The lowest BCUT2D eigenvalue weighted by Gasteiger charge is -2.21. The second kappa shape index (κ2) is 8.24. The van der Waals surface area contributed by atoms with Crippen molar-refractivity contribution >= 4 is 0 Å². The van der Waals surface area contributed by atoms with E-state index < -0.39 is 6.36 Å². The molecule has 1 rings (SSSR count). The maximum atomic E-state index is 12.3. The Morgan fingerprint density at radius 3 is 2.52 bits per heavy atom. The monoisotopic (exact) mass is 305 g/mol. The topological polar surface area (TPSA) is 30.5 Å². The van der Waals surface area contributed by atoms with E-state index in [1.54, 1.807) is 19.2 Å². The molecule has 0 aliphatic carbocycles. The molecule has 0 aliphatic heterocycles. The molecule has 0 fully saturated rings. The molecule has 0 bridgehead atoms. The number of hydrogen-bond donors (Lipinski definition) is 1. The molecule has 0 heterocycles. The number of benzene rings is 1. The summed E-state index contributed by atoms with van der Waals surface area (Å²) in [5.74, 6) is -0.192. The van der Waals surface area contributed by atoms with E-state index in [1.165, 1.54) is 12.1 Å². The fourth-order valence-electron chi connectivity index (χ4n) is 2.08. The van der Waals surface area contributed by atoms with Gasteiger partial charge < -0.3 is 14.8 Å². The average Bonchev–Trinajstić information content (AvgIpc) is 2.41. The number of hydrogen-bond acceptors (Lipinski definition) is 3. The molecular weight excluding hydrogens is 283 g/mol. The van der Waals surface area contributed by atoms with Crippen LogP contribution in [0.1, 0.15) is 38.3 Å². The Morgan fingerprint density at radius 1 is 1.24 bits per heavy atom. The molecule has 6 heteroatoms. The first-order chi connectivity index (χ1) is 9.85. The lowest BCUT2D eigenvalue weighted by atomic mass is 10.00. The van der Waals surface area contributed by atoms with Gasteiger partial charge >= 0.3 is 6.36 Å². The first-order valence-electron chi connectivity index (χ1n) is 6.97. The Labute approximate surface area is 123 Å². The summed E-state index contributed by atoms with van der Waals surface area (Å²) in [5, 5.41) is 3.28. The second-order valence-corrected chi connectivity index (χ2v) is 4.85. The Morgan fingerprint density at radius 2 is 1.95 bits per heavy atom. The number of ether oxygens (including phenoxy) is 2. The largest absolute Gasteiger partial charge is 0.573 e. The summed E-state index contributed by atoms with van der Waals surface area (Å²) in [4.78, 5) is 0. The van der Waals surface area contributed by atoms with E-state index in [2.05, 4.69) is 10.1 Å². The molecule has 120 valence electrons. The van der Waals surface area contributed by atoms with Crippen LogP contribution in [-0.4, -0.2) is 26.1 Å². The molecule has 1 N–H and O–H groups in total. The quantitative estimate of drug-likeness (QED) is 0.786. The molecule has 0 radical (unpaired) electrons. The van der Waals surface area contributed by atoms with Crippen molar-refractivity contribution in [2.45, 2.75) is 45.2 Å². The Kier molecular flexibility index (Phi) is 6.98. The fraction of sp³-hybridized carbons (Fsp3) is 0.600. The highest BCUT2D eigenvalue weighted by Gasteiger charge is 2.31. The molecule has 1 aromatic carbocycles. The highest BCUT2D eigenvalue weighted by atomic mass is 19.4. The summed E-state index contributed by atoms with van der Waals surface area (Å²) in [5.41, 5.74) is 0.780. The standard InChI is InChI=1S/C15H22F3NO2/c1-4-19-14(9-8-11(2)20-3)12-6-5-7-13(10-12)21-15(16,17)18/h5-7,10-11,14,19H,4,8-9H2,1-3H3. The molecule has 0 amide bonds. The van der Waals surface area contributed by atoms with Crippen LogP contribution in [0.5, 0.6) is 5.75 Å². The molecule has 0 spiro atoms. The predicted octanol–water partition coefficient (Wildman–Crippen LogP) is 4.05. The summed E-state index contributed by atoms with van der Waals surface area (Å²) in [6.45, 7) is 4.66. The van der Waals surface area contributed by atoms with Crippen molar-refractivity contribution in [1.29, 1.82) is 0 Å². The van der Waals surface area contributed by atoms with Gasteiger partial charge in [0.25, 0.3) is 0 Å². The Balaban J connectivity index is 2.79. The van der Waals surface area contributed by atoms with Crippen LogP contribution in [-0.2, 0) is 4.74 Å². The van der Waals surface area contributed by atoms with Gasteiger partial charge in [0.1, 0.15) is 5.75 Å². The van der Waals surface area contributed by atoms with Gasteiger partial charge in [-0.15, -0.1) is 13.2 Å². The summed E-state index contributed by atoms with van der Waals surface area (Å²) in [7, 11) is 1.64. The molecule has 0 saturated carbocycles. The Hall–Kier alpha value is -1.27. The SMILES string of the molecule is CCNC(CCC(C)OC)c1cccc(OC(F)(F)F)c1. The first kappa shape index (κ1) is 17.8. The van der Waals surface area contributed by atoms with Gasteiger partial charge in [-0.25, -0.2) is 0 Å². The number of rotatable bonds is 8. The minimum absolute atomic E-state index is 0.0237. The van der Waals surface area contributed by atoms with Crippen LogP contribution in [0.2, 0.25) is 0 Å². The third-order valence-electron chi connectivity index (χ3n) is 3.21. The van der Waals surface area contributed by atoms with Crippen molar-refractivity contribution < 1.29 is 22.6 Å². The number of methoxy groups -OCH3 is 1. The van der Waals surface area contributed by atoms with Gasteiger partial charge in [0.05, 0.1) is 6.10 Å². The van der Waals surface area contributed by atoms with Crippen LogP contribution in [0.25, 0.3) is 0 Å². The lowest BCUT2D eigenvalue weighted by Crippen LogP contribution is -2.23. The average molecular weight is 305 g/mol. The zero-order valence-electron chi connectivity index (χ0n) is 12.5. The van der Waals surface area contributed by atoms with Crippen molar-refractivity contribution in [1.82, 2.24) is 5.32 Å². The molecule has 1 aromatic rings. The zero-order valence-corrected chi connectivity index (χ0v) is 12.5. The summed E-state index contributed by atoms with van der Waals surface area (Å²) in [6, 6.07) is 6.08. The number of halogens is 3. The van der Waals surface area contributed by atoms with Crippen molar-refractivity contribution in [2.24, 2.45) is 0 Å². The Bertz CT molecular complexity index is 424. The number of alkyl halides is 3. The van der Waals surface area contributed by atoms with Gasteiger partial charge in [0, 0.05) is 13.2 Å². The molecule has 0 saturated heterocycles. The molecule has 0 aliphatic rings. The minimum atomic E-state index is -4.67. The van der Waals surface area contributed by atoms with Gasteiger partial charge in [-0.05, 0) is 44.0 Å². The maximum absolute atomic E-state index is 12.3. The molecule has 0 aromatic heterocycles. The van der Waals surface area contributed by atoms with Crippen LogP contribution < -0.4 is 10.1 Å². The number of nitrogens with one attached hydrogen (secondary N) is 1. The lowest BCUT2D eigenvalue weighted by molar-refractivity contribution is -0.274. The van der Waals surface area contributed by atoms with Crippen LogP contribution >= 0.6 is 0 Å². The van der Waals surface area contributed by atoms with Crippen LogP contribution in [0.15, 0.2) is 24.3 Å². The van der Waals surface area contributed by atoms with Crippen LogP contribution in [0.3, 0.4) is 0 Å². The van der Waals surface area contributed by atoms with E-state index in [4.69, 9.17) is 4.74 Å². The van der Waals surface area contributed by atoms with E-state index in [0.717, 1.165) is 24.9 Å². The van der Waals surface area contributed by atoms with Gasteiger partial charge in [0.2, 0.25) is 0 Å². The van der Waals surface area contributed by atoms with Gasteiger partial charge in [0.15, 0.2) is 0 Å². The predicted molar refractivity (Wildman–Crippen MR) is 75.2 cm³/mol. The van der Waals surface area contributed by atoms with Crippen molar-refractivity contribution in [3.63, 3.8) is 0 Å². The smallest absolute Gasteiger partial charge is 0.406 e. The van der Waals surface area contributed by atoms with Crippen molar-refractivity contribution in [2.75, 3.05) is 13.7 Å². The van der Waals surface area contributed by atoms with Crippen molar-refractivity contribution in [3.05, 3.63) is 29.8 Å². The van der Waals surface area contributed by atoms with E-state index in [1.807, 2.05) is 13.8 Å². The molecule has 2 unspecified atom stereocenters. The third-order valence-corrected chi connectivity index (χ3v) is 3.21. The molecule has 3 nitrogen and oxygen atoms in total. The highest BCUT2D eigenvalue weighted by molar-refractivity contribution is 5.30. The van der Waals surface area contributed by atoms with E-state index >= 15 is 0 Å². The minimum Gasteiger partial charge on any atom is -0.406 e. The zero-order chi connectivity index (χ0) is 15.9. The third kappa shape index (κ3) is 6.82. The van der Waals surface area contributed by atoms with Gasteiger partial charge in [-0.2, -0.15) is 0 Å². The molecule has 21 heavy (non-hydrogen) atoms. The molecular formula is C15H22F3NO2. The summed E-state index contributed by atoms with van der Waals surface area (Å²) >= 11 is 0. The normalized spacial score (nSPS) is 14.8. The van der Waals surface area contributed by atoms with E-state index in [9.17, 15) is 13.2 Å². The summed E-state index contributed by atoms with van der Waals surface area (Å²) < 4.78 is 46.0. The van der Waals surface area contributed by atoms with E-state index in [-0.39, 0.29) is 17.9 Å². The van der Waals surface area contributed by atoms with Gasteiger partial charge in [-0.1, -0.05) is 19.1 Å². The highest BCUT2D eigenvalue weighted by Crippen LogP contribution is 2.27. The summed E-state index contributed by atoms with van der Waals surface area (Å²) in [6.07, 6.45) is -2.96. The van der Waals surface area contributed by atoms with Crippen LogP contribution in [0.4, 0.5) is 13.2 Å². The fourth-order valence-corrected chi connectivity index (χ4v) is 2.08. The molecule has 2 atom stereocenters. The second-order valence-electron chi connectivity index (χ2n) is 4.85. The van der Waals surface area contributed by atoms with Crippen molar-refractivity contribution in [3.8, 4) is 5.75 Å². The van der Waals surface area contributed by atoms with Crippen LogP contribution in [0, 0.1) is 0 Å². The van der Waals surface area contributed by atoms with Gasteiger partial charge in [-0.3, -0.25) is 0 Å². The maximum Gasteiger partial charge on any atom is 0.573 e.